The van der Waals surface area contributed by atoms with Crippen LogP contribution < -0.4 is 5.32 Å². The first-order valence-corrected chi connectivity index (χ1v) is 4.16. The quantitative estimate of drug-likeness (QED) is 0.701. The maximum absolute atomic E-state index is 11.7. The van der Waals surface area contributed by atoms with E-state index < -0.39 is 6.43 Å². The highest BCUT2D eigenvalue weighted by atomic mass is 19.3. The maximum Gasteiger partial charge on any atom is 0.250 e. The zero-order valence-electron chi connectivity index (χ0n) is 7.50. The van der Waals surface area contributed by atoms with Gasteiger partial charge in [-0.1, -0.05) is 0 Å². The zero-order valence-corrected chi connectivity index (χ0v) is 7.50. The normalized spacial score (nSPS) is 11.1. The third-order valence-corrected chi connectivity index (χ3v) is 1.75. The van der Waals surface area contributed by atoms with Crippen LogP contribution in [0.3, 0.4) is 0 Å². The van der Waals surface area contributed by atoms with E-state index in [1.54, 1.807) is 6.20 Å². The van der Waals surface area contributed by atoms with Gasteiger partial charge in [-0.15, -0.1) is 0 Å². The number of hydrogen-bond acceptors (Lipinski definition) is 2. The summed E-state index contributed by atoms with van der Waals surface area (Å²) in [6.45, 7) is 2.86. The van der Waals surface area contributed by atoms with Crippen LogP contribution in [-0.2, 0) is 6.54 Å². The molecule has 1 heterocycles. The van der Waals surface area contributed by atoms with Crippen LogP contribution >= 0.6 is 0 Å². The first-order valence-electron chi connectivity index (χ1n) is 4.16. The van der Waals surface area contributed by atoms with Crippen molar-refractivity contribution in [2.45, 2.75) is 19.9 Å². The van der Waals surface area contributed by atoms with Crippen LogP contribution in [0.5, 0.6) is 0 Å². The van der Waals surface area contributed by atoms with Gasteiger partial charge >= 0.3 is 0 Å². The minimum atomic E-state index is -2.27. The van der Waals surface area contributed by atoms with Crippen molar-refractivity contribution in [2.75, 3.05) is 13.1 Å². The highest BCUT2D eigenvalue weighted by Gasteiger charge is 2.00. The second-order valence-corrected chi connectivity index (χ2v) is 2.76. The molecule has 0 aliphatic heterocycles. The van der Waals surface area contributed by atoms with Crippen molar-refractivity contribution < 1.29 is 8.78 Å². The number of hydrogen-bond donors (Lipinski definition) is 1. The standard InChI is InChI=1S/C8H13F2N3/c1-7-12-3-5-13(7)4-2-11-6-8(9)10/h3,5,8,11H,2,4,6H2,1H3. The molecular weight excluding hydrogens is 176 g/mol. The van der Waals surface area contributed by atoms with Gasteiger partial charge < -0.3 is 9.88 Å². The van der Waals surface area contributed by atoms with Crippen molar-refractivity contribution >= 4 is 0 Å². The van der Waals surface area contributed by atoms with Gasteiger partial charge in [0.05, 0.1) is 6.54 Å². The average Bonchev–Trinajstić information content (AvgIpc) is 2.45. The fourth-order valence-corrected chi connectivity index (χ4v) is 1.05. The molecule has 0 radical (unpaired) electrons. The lowest BCUT2D eigenvalue weighted by Crippen LogP contribution is -2.25. The predicted octanol–water partition coefficient (Wildman–Crippen LogP) is 1.05. The smallest absolute Gasteiger partial charge is 0.250 e. The van der Waals surface area contributed by atoms with Crippen LogP contribution in [0.1, 0.15) is 5.82 Å². The summed E-state index contributed by atoms with van der Waals surface area (Å²) >= 11 is 0. The summed E-state index contributed by atoms with van der Waals surface area (Å²) in [5, 5.41) is 2.65. The van der Waals surface area contributed by atoms with E-state index in [0.717, 1.165) is 5.82 Å². The summed E-state index contributed by atoms with van der Waals surface area (Å²) in [5.74, 6) is 0.902. The lowest BCUT2D eigenvalue weighted by Gasteiger charge is -2.05. The van der Waals surface area contributed by atoms with Crippen LogP contribution in [0.15, 0.2) is 12.4 Å². The summed E-state index contributed by atoms with van der Waals surface area (Å²) in [4.78, 5) is 4.02. The van der Waals surface area contributed by atoms with Crippen molar-refractivity contribution in [3.8, 4) is 0 Å². The third kappa shape index (κ3) is 3.50. The van der Waals surface area contributed by atoms with Crippen molar-refractivity contribution in [1.82, 2.24) is 14.9 Å². The molecule has 1 N–H and O–H groups in total. The van der Waals surface area contributed by atoms with Gasteiger partial charge in [-0.3, -0.25) is 0 Å². The summed E-state index contributed by atoms with van der Waals surface area (Å²) < 4.78 is 25.3. The lowest BCUT2D eigenvalue weighted by molar-refractivity contribution is 0.146. The fourth-order valence-electron chi connectivity index (χ4n) is 1.05. The molecule has 3 nitrogen and oxygen atoms in total. The van der Waals surface area contributed by atoms with Crippen LogP contribution in [0, 0.1) is 6.92 Å². The van der Waals surface area contributed by atoms with E-state index in [2.05, 4.69) is 10.3 Å². The molecule has 0 saturated carbocycles. The molecule has 0 saturated heterocycles. The molecule has 1 aromatic heterocycles. The van der Waals surface area contributed by atoms with E-state index in [1.165, 1.54) is 0 Å². The maximum atomic E-state index is 11.7. The molecule has 0 bridgehead atoms. The lowest BCUT2D eigenvalue weighted by atomic mass is 10.5. The summed E-state index contributed by atoms with van der Waals surface area (Å²) in [7, 11) is 0. The molecule has 5 heteroatoms. The fraction of sp³-hybridized carbons (Fsp3) is 0.625. The topological polar surface area (TPSA) is 29.9 Å². The molecule has 0 fully saturated rings. The van der Waals surface area contributed by atoms with Crippen LogP contribution in [-0.4, -0.2) is 29.1 Å². The van der Waals surface area contributed by atoms with Crippen molar-refractivity contribution in [3.05, 3.63) is 18.2 Å². The number of alkyl halides is 2. The number of rotatable bonds is 5. The highest BCUT2D eigenvalue weighted by molar-refractivity contribution is 4.88. The van der Waals surface area contributed by atoms with Gasteiger partial charge in [-0.2, -0.15) is 0 Å². The van der Waals surface area contributed by atoms with Gasteiger partial charge in [0.25, 0.3) is 6.43 Å². The predicted molar refractivity (Wildman–Crippen MR) is 45.8 cm³/mol. The van der Waals surface area contributed by atoms with Gasteiger partial charge in [-0.05, 0) is 6.92 Å². The van der Waals surface area contributed by atoms with Gasteiger partial charge in [0.15, 0.2) is 0 Å². The van der Waals surface area contributed by atoms with E-state index in [1.807, 2.05) is 17.7 Å². The van der Waals surface area contributed by atoms with Crippen LogP contribution in [0.2, 0.25) is 0 Å². The van der Waals surface area contributed by atoms with E-state index >= 15 is 0 Å². The Labute approximate surface area is 75.8 Å². The Hall–Kier alpha value is -0.970. The van der Waals surface area contributed by atoms with Crippen LogP contribution in [0.25, 0.3) is 0 Å². The zero-order chi connectivity index (χ0) is 9.68. The van der Waals surface area contributed by atoms with Crippen molar-refractivity contribution in [1.29, 1.82) is 0 Å². The second kappa shape index (κ2) is 4.91. The first kappa shape index (κ1) is 10.1. The Kier molecular flexibility index (Phi) is 3.82. The molecule has 0 atom stereocenters. The molecule has 0 spiro atoms. The van der Waals surface area contributed by atoms with E-state index in [0.29, 0.717) is 13.1 Å². The molecule has 13 heavy (non-hydrogen) atoms. The monoisotopic (exact) mass is 189 g/mol. The van der Waals surface area contributed by atoms with Gasteiger partial charge in [0.2, 0.25) is 0 Å². The average molecular weight is 189 g/mol. The van der Waals surface area contributed by atoms with E-state index in [4.69, 9.17) is 0 Å². The molecule has 0 aliphatic rings. The number of nitrogens with zero attached hydrogens (tertiary/aromatic N) is 2. The molecular formula is C8H13F2N3. The Morgan fingerprint density at radius 2 is 2.38 bits per heavy atom. The van der Waals surface area contributed by atoms with Crippen molar-refractivity contribution in [2.24, 2.45) is 0 Å². The number of aryl methyl sites for hydroxylation is 1. The summed E-state index contributed by atoms with van der Waals surface area (Å²) in [5.41, 5.74) is 0. The van der Waals surface area contributed by atoms with Crippen molar-refractivity contribution in [3.63, 3.8) is 0 Å². The Morgan fingerprint density at radius 3 is 2.92 bits per heavy atom. The molecule has 74 valence electrons. The Balaban J connectivity index is 2.17. The van der Waals surface area contributed by atoms with Crippen LogP contribution in [0.4, 0.5) is 8.78 Å². The Morgan fingerprint density at radius 1 is 1.62 bits per heavy atom. The van der Waals surface area contributed by atoms with Gasteiger partial charge in [0.1, 0.15) is 5.82 Å². The van der Waals surface area contributed by atoms with E-state index in [-0.39, 0.29) is 6.54 Å². The highest BCUT2D eigenvalue weighted by Crippen LogP contribution is 1.93. The molecule has 1 rings (SSSR count). The van der Waals surface area contributed by atoms with E-state index in [9.17, 15) is 8.78 Å². The Bertz CT molecular complexity index is 247. The minimum absolute atomic E-state index is 0.242. The molecule has 0 aliphatic carbocycles. The van der Waals surface area contributed by atoms with Gasteiger partial charge in [0, 0.05) is 25.5 Å². The molecule has 0 aromatic carbocycles. The number of nitrogens with one attached hydrogen (secondary N) is 1. The molecule has 1 aromatic rings. The second-order valence-electron chi connectivity index (χ2n) is 2.76. The summed E-state index contributed by atoms with van der Waals surface area (Å²) in [6.07, 6.45) is 1.26. The number of imidazole rings is 1. The number of aromatic nitrogens is 2. The SMILES string of the molecule is Cc1nccn1CCNCC(F)F. The largest absolute Gasteiger partial charge is 0.334 e. The molecule has 0 amide bonds. The number of halogens is 2. The third-order valence-electron chi connectivity index (χ3n) is 1.75. The summed E-state index contributed by atoms with van der Waals surface area (Å²) in [6, 6.07) is 0. The minimum Gasteiger partial charge on any atom is -0.334 e. The molecule has 0 unspecified atom stereocenters. The van der Waals surface area contributed by atoms with Gasteiger partial charge in [-0.25, -0.2) is 13.8 Å². The first-order chi connectivity index (χ1) is 6.20.